The van der Waals surface area contributed by atoms with E-state index in [0.29, 0.717) is 30.4 Å². The van der Waals surface area contributed by atoms with Gasteiger partial charge in [0.1, 0.15) is 5.82 Å². The van der Waals surface area contributed by atoms with Gasteiger partial charge >= 0.3 is 5.97 Å². The Morgan fingerprint density at radius 2 is 2.33 bits per heavy atom. The van der Waals surface area contributed by atoms with E-state index in [1.54, 1.807) is 19.1 Å². The highest BCUT2D eigenvalue weighted by Gasteiger charge is 2.28. The van der Waals surface area contributed by atoms with Gasteiger partial charge in [-0.05, 0) is 31.9 Å². The van der Waals surface area contributed by atoms with Crippen LogP contribution in [0.4, 0.5) is 10.3 Å². The van der Waals surface area contributed by atoms with Crippen LogP contribution >= 0.6 is 0 Å². The van der Waals surface area contributed by atoms with E-state index in [2.05, 4.69) is 15.2 Å². The quantitative estimate of drug-likeness (QED) is 0.802. The number of rotatable bonds is 4. The second-order valence-corrected chi connectivity index (χ2v) is 5.69. The zero-order valence-electron chi connectivity index (χ0n) is 13.5. The molecule has 0 aliphatic carbocycles. The third kappa shape index (κ3) is 3.67. The van der Waals surface area contributed by atoms with Gasteiger partial charge in [-0.2, -0.15) is 5.10 Å². The number of hydrogen-bond acceptors (Lipinski definition) is 6. The topological polar surface area (TPSA) is 68.2 Å². The van der Waals surface area contributed by atoms with Gasteiger partial charge in [0.25, 0.3) is 0 Å². The summed E-state index contributed by atoms with van der Waals surface area (Å²) in [4.78, 5) is 18.4. The number of piperidine rings is 1. The second kappa shape index (κ2) is 7.33. The fraction of sp³-hybridized carbons (Fsp3) is 0.412. The van der Waals surface area contributed by atoms with Crippen LogP contribution in [0.5, 0.6) is 0 Å². The van der Waals surface area contributed by atoms with Crippen molar-refractivity contribution in [2.24, 2.45) is 5.92 Å². The molecule has 1 atom stereocenters. The summed E-state index contributed by atoms with van der Waals surface area (Å²) in [7, 11) is 0. The summed E-state index contributed by atoms with van der Waals surface area (Å²) in [5.41, 5.74) is 1.20. The monoisotopic (exact) mass is 330 g/mol. The molecule has 24 heavy (non-hydrogen) atoms. The van der Waals surface area contributed by atoms with Crippen molar-refractivity contribution < 1.29 is 13.9 Å². The van der Waals surface area contributed by atoms with Crippen LogP contribution in [-0.2, 0) is 9.53 Å². The summed E-state index contributed by atoms with van der Waals surface area (Å²) in [6, 6.07) is 6.19. The lowest BCUT2D eigenvalue weighted by Crippen LogP contribution is -2.40. The first-order chi connectivity index (χ1) is 11.7. The Balaban J connectivity index is 1.79. The predicted molar refractivity (Wildman–Crippen MR) is 86.8 cm³/mol. The van der Waals surface area contributed by atoms with Crippen molar-refractivity contribution in [2.75, 3.05) is 24.6 Å². The molecule has 1 aromatic carbocycles. The Bertz CT molecular complexity index is 725. The van der Waals surface area contributed by atoms with Gasteiger partial charge in [-0.15, -0.1) is 5.10 Å². The van der Waals surface area contributed by atoms with Crippen molar-refractivity contribution in [1.82, 2.24) is 15.2 Å². The summed E-state index contributed by atoms with van der Waals surface area (Å²) in [6.45, 7) is 3.44. The summed E-state index contributed by atoms with van der Waals surface area (Å²) in [5.74, 6) is -0.240. The summed E-state index contributed by atoms with van der Waals surface area (Å²) in [6.07, 6.45) is 3.16. The zero-order chi connectivity index (χ0) is 16.9. The predicted octanol–water partition coefficient (Wildman–Crippen LogP) is 2.46. The first kappa shape index (κ1) is 16.3. The largest absolute Gasteiger partial charge is 0.466 e. The minimum atomic E-state index is -0.326. The molecular weight excluding hydrogens is 311 g/mol. The van der Waals surface area contributed by atoms with Gasteiger partial charge in [-0.3, -0.25) is 4.79 Å². The normalized spacial score (nSPS) is 17.6. The number of nitrogens with zero attached hydrogens (tertiary/aromatic N) is 4. The first-order valence-corrected chi connectivity index (χ1v) is 8.04. The van der Waals surface area contributed by atoms with Crippen LogP contribution in [0.2, 0.25) is 0 Å². The minimum Gasteiger partial charge on any atom is -0.466 e. The molecule has 0 radical (unpaired) electrons. The molecule has 1 aromatic heterocycles. The van der Waals surface area contributed by atoms with E-state index in [1.165, 1.54) is 18.3 Å². The van der Waals surface area contributed by atoms with Gasteiger partial charge in [-0.25, -0.2) is 9.37 Å². The molecule has 1 aliphatic heterocycles. The molecule has 1 saturated heterocycles. The second-order valence-electron chi connectivity index (χ2n) is 5.69. The van der Waals surface area contributed by atoms with Crippen LogP contribution in [0.3, 0.4) is 0 Å². The molecule has 0 amide bonds. The number of ether oxygens (including phenoxy) is 1. The maximum Gasteiger partial charge on any atom is 0.310 e. The van der Waals surface area contributed by atoms with E-state index >= 15 is 0 Å². The number of aromatic nitrogens is 3. The third-order valence-electron chi connectivity index (χ3n) is 3.99. The molecule has 0 N–H and O–H groups in total. The van der Waals surface area contributed by atoms with Crippen LogP contribution < -0.4 is 4.90 Å². The van der Waals surface area contributed by atoms with Gasteiger partial charge in [0.05, 0.1) is 24.4 Å². The highest BCUT2D eigenvalue weighted by molar-refractivity contribution is 5.73. The first-order valence-electron chi connectivity index (χ1n) is 8.04. The molecule has 0 spiro atoms. The van der Waals surface area contributed by atoms with Gasteiger partial charge in [0.2, 0.25) is 5.95 Å². The summed E-state index contributed by atoms with van der Waals surface area (Å²) < 4.78 is 18.5. The van der Waals surface area contributed by atoms with Crippen LogP contribution in [0.25, 0.3) is 11.3 Å². The van der Waals surface area contributed by atoms with E-state index in [1.807, 2.05) is 4.90 Å². The number of halogens is 1. The molecule has 0 bridgehead atoms. The Kier molecular flexibility index (Phi) is 4.98. The molecule has 3 rings (SSSR count). The molecule has 1 aliphatic rings. The van der Waals surface area contributed by atoms with Crippen molar-refractivity contribution in [3.05, 3.63) is 36.3 Å². The van der Waals surface area contributed by atoms with Crippen molar-refractivity contribution in [3.8, 4) is 11.3 Å². The molecule has 0 saturated carbocycles. The lowest BCUT2D eigenvalue weighted by Gasteiger charge is -2.31. The number of anilines is 1. The standard InChI is InChI=1S/C17H19FN4O2/c1-2-24-16(23)13-6-4-8-22(11-13)17-20-15(10-19-21-17)12-5-3-7-14(18)9-12/h3,5,7,9-10,13H,2,4,6,8,11H2,1H3/t13-/m1/s1. The molecule has 2 heterocycles. The molecular formula is C17H19FN4O2. The van der Waals surface area contributed by atoms with Gasteiger partial charge < -0.3 is 9.64 Å². The molecule has 126 valence electrons. The molecule has 2 aromatic rings. The van der Waals surface area contributed by atoms with E-state index < -0.39 is 0 Å². The highest BCUT2D eigenvalue weighted by Crippen LogP contribution is 2.23. The Hall–Kier alpha value is -2.57. The average Bonchev–Trinajstić information content (AvgIpc) is 2.62. The molecule has 6 nitrogen and oxygen atoms in total. The third-order valence-corrected chi connectivity index (χ3v) is 3.99. The zero-order valence-corrected chi connectivity index (χ0v) is 13.5. The highest BCUT2D eigenvalue weighted by atomic mass is 19.1. The summed E-state index contributed by atoms with van der Waals surface area (Å²) in [5, 5.41) is 8.05. The van der Waals surface area contributed by atoms with Crippen molar-refractivity contribution in [3.63, 3.8) is 0 Å². The number of esters is 1. The molecule has 1 fully saturated rings. The van der Waals surface area contributed by atoms with Crippen LogP contribution in [0.15, 0.2) is 30.5 Å². The number of hydrogen-bond donors (Lipinski definition) is 0. The van der Waals surface area contributed by atoms with E-state index in [-0.39, 0.29) is 17.7 Å². The van der Waals surface area contributed by atoms with Crippen molar-refractivity contribution >= 4 is 11.9 Å². The lowest BCUT2D eigenvalue weighted by molar-refractivity contribution is -0.148. The van der Waals surface area contributed by atoms with Gasteiger partial charge in [0.15, 0.2) is 0 Å². The van der Waals surface area contributed by atoms with Crippen LogP contribution in [0, 0.1) is 11.7 Å². The molecule has 0 unspecified atom stereocenters. The van der Waals surface area contributed by atoms with E-state index in [0.717, 1.165) is 19.4 Å². The average molecular weight is 330 g/mol. The Labute approximate surface area is 139 Å². The molecule has 7 heteroatoms. The summed E-state index contributed by atoms with van der Waals surface area (Å²) >= 11 is 0. The number of benzene rings is 1. The van der Waals surface area contributed by atoms with Crippen molar-refractivity contribution in [2.45, 2.75) is 19.8 Å². The van der Waals surface area contributed by atoms with E-state index in [9.17, 15) is 9.18 Å². The number of carbonyl (C=O) groups excluding carboxylic acids is 1. The maximum atomic E-state index is 13.4. The lowest BCUT2D eigenvalue weighted by atomic mass is 9.98. The van der Waals surface area contributed by atoms with Crippen molar-refractivity contribution in [1.29, 1.82) is 0 Å². The van der Waals surface area contributed by atoms with E-state index in [4.69, 9.17) is 4.74 Å². The SMILES string of the molecule is CCOC(=O)[C@@H]1CCCN(c2nncc(-c3cccc(F)c3)n2)C1. The smallest absolute Gasteiger partial charge is 0.310 e. The van der Waals surface area contributed by atoms with Gasteiger partial charge in [0, 0.05) is 18.7 Å². The minimum absolute atomic E-state index is 0.180. The Morgan fingerprint density at radius 3 is 3.12 bits per heavy atom. The maximum absolute atomic E-state index is 13.4. The van der Waals surface area contributed by atoms with Crippen LogP contribution in [-0.4, -0.2) is 40.8 Å². The van der Waals surface area contributed by atoms with Gasteiger partial charge in [-0.1, -0.05) is 12.1 Å². The Morgan fingerprint density at radius 1 is 1.46 bits per heavy atom. The fourth-order valence-corrected chi connectivity index (χ4v) is 2.83. The van der Waals surface area contributed by atoms with Crippen LogP contribution in [0.1, 0.15) is 19.8 Å². The number of carbonyl (C=O) groups is 1. The fourth-order valence-electron chi connectivity index (χ4n) is 2.83.